The van der Waals surface area contributed by atoms with Gasteiger partial charge in [0.2, 0.25) is 0 Å². The molecule has 0 spiro atoms. The van der Waals surface area contributed by atoms with Gasteiger partial charge in [-0.15, -0.1) is 0 Å². The lowest BCUT2D eigenvalue weighted by atomic mass is 10.2. The van der Waals surface area contributed by atoms with Gasteiger partial charge in [-0.1, -0.05) is 13.2 Å². The molecule has 0 saturated heterocycles. The van der Waals surface area contributed by atoms with Crippen molar-refractivity contribution in [2.75, 3.05) is 39.6 Å². The van der Waals surface area contributed by atoms with Gasteiger partial charge in [-0.3, -0.25) is 9.59 Å². The summed E-state index contributed by atoms with van der Waals surface area (Å²) >= 11 is 0. The molecular formula is C22H34O9. The molecule has 0 radical (unpaired) electrons. The number of hydrogen-bond acceptors (Lipinski definition) is 9. The smallest absolute Gasteiger partial charge is 0.330 e. The van der Waals surface area contributed by atoms with E-state index in [0.29, 0.717) is 51.7 Å². The van der Waals surface area contributed by atoms with E-state index in [1.54, 1.807) is 0 Å². The fraction of sp³-hybridized carbons (Fsp3) is 0.636. The molecule has 0 aromatic carbocycles. The van der Waals surface area contributed by atoms with Gasteiger partial charge in [0.15, 0.2) is 0 Å². The molecule has 9 nitrogen and oxygen atoms in total. The summed E-state index contributed by atoms with van der Waals surface area (Å²) in [5, 5.41) is 0. The second kappa shape index (κ2) is 20.6. The van der Waals surface area contributed by atoms with Crippen LogP contribution in [0.25, 0.3) is 0 Å². The molecule has 0 unspecified atom stereocenters. The highest BCUT2D eigenvalue weighted by Crippen LogP contribution is 2.03. The van der Waals surface area contributed by atoms with Gasteiger partial charge < -0.3 is 23.7 Å². The van der Waals surface area contributed by atoms with E-state index < -0.39 is 11.9 Å². The molecule has 9 heteroatoms. The van der Waals surface area contributed by atoms with Crippen molar-refractivity contribution in [3.05, 3.63) is 25.3 Å². The Kier molecular flexibility index (Phi) is 18.8. The van der Waals surface area contributed by atoms with E-state index in [0.717, 1.165) is 25.0 Å². The van der Waals surface area contributed by atoms with Crippen molar-refractivity contribution in [3.8, 4) is 0 Å². The van der Waals surface area contributed by atoms with Gasteiger partial charge in [-0.05, 0) is 38.5 Å². The van der Waals surface area contributed by atoms with E-state index >= 15 is 0 Å². The van der Waals surface area contributed by atoms with Crippen LogP contribution in [0.15, 0.2) is 25.3 Å². The number of rotatable bonds is 20. The summed E-state index contributed by atoms with van der Waals surface area (Å²) in [5.41, 5.74) is 0. The summed E-state index contributed by atoms with van der Waals surface area (Å²) in [6.07, 6.45) is 6.99. The van der Waals surface area contributed by atoms with Crippen molar-refractivity contribution in [3.63, 3.8) is 0 Å². The minimum Gasteiger partial charge on any atom is -0.463 e. The fourth-order valence-corrected chi connectivity index (χ4v) is 2.23. The van der Waals surface area contributed by atoms with Crippen LogP contribution in [0.3, 0.4) is 0 Å². The second-order valence-electron chi connectivity index (χ2n) is 6.42. The molecule has 0 saturated carbocycles. The minimum atomic E-state index is -0.449. The number of carbonyl (C=O) groups excluding carboxylic acids is 4. The number of esters is 4. The Bertz CT molecular complexity index is 509. The fourth-order valence-electron chi connectivity index (χ4n) is 2.23. The maximum Gasteiger partial charge on any atom is 0.330 e. The average Bonchev–Trinajstić information content (AvgIpc) is 2.77. The van der Waals surface area contributed by atoms with Crippen molar-refractivity contribution in [1.82, 2.24) is 0 Å². The molecular weight excluding hydrogens is 408 g/mol. The molecule has 0 aromatic rings. The van der Waals surface area contributed by atoms with Gasteiger partial charge in [0, 0.05) is 25.0 Å². The number of carbonyl (C=O) groups is 4. The van der Waals surface area contributed by atoms with E-state index in [-0.39, 0.29) is 38.4 Å². The molecule has 0 bridgehead atoms. The Labute approximate surface area is 183 Å². The summed E-state index contributed by atoms with van der Waals surface area (Å²) in [4.78, 5) is 44.8. The van der Waals surface area contributed by atoms with Crippen molar-refractivity contribution in [2.24, 2.45) is 0 Å². The lowest BCUT2D eigenvalue weighted by molar-refractivity contribution is -0.147. The van der Waals surface area contributed by atoms with Crippen molar-refractivity contribution < 1.29 is 42.9 Å². The first-order valence-corrected chi connectivity index (χ1v) is 10.5. The summed E-state index contributed by atoms with van der Waals surface area (Å²) in [6.45, 7) is 7.96. The van der Waals surface area contributed by atoms with Crippen LogP contribution in [-0.2, 0) is 42.9 Å². The maximum atomic E-state index is 11.5. The Morgan fingerprint density at radius 1 is 0.516 bits per heavy atom. The third-order valence-electron chi connectivity index (χ3n) is 3.85. The first kappa shape index (κ1) is 28.3. The summed E-state index contributed by atoms with van der Waals surface area (Å²) in [6, 6.07) is 0. The molecule has 0 amide bonds. The normalized spacial score (nSPS) is 10.1. The molecule has 176 valence electrons. The Morgan fingerprint density at radius 2 is 0.935 bits per heavy atom. The molecule has 0 aliphatic heterocycles. The lowest BCUT2D eigenvalue weighted by Gasteiger charge is -2.07. The lowest BCUT2D eigenvalue weighted by Crippen LogP contribution is -2.14. The molecule has 31 heavy (non-hydrogen) atoms. The highest BCUT2D eigenvalue weighted by molar-refractivity contribution is 5.81. The van der Waals surface area contributed by atoms with E-state index in [4.69, 9.17) is 23.7 Å². The maximum absolute atomic E-state index is 11.5. The zero-order valence-electron chi connectivity index (χ0n) is 18.1. The van der Waals surface area contributed by atoms with Gasteiger partial charge >= 0.3 is 23.9 Å². The SMILES string of the molecule is C=CC(=O)OCCCCCC(=O)OCCOCCOC(=O)CCCCCOC(=O)C=C. The highest BCUT2D eigenvalue weighted by atomic mass is 16.6. The number of unbranched alkanes of at least 4 members (excludes halogenated alkanes) is 4. The highest BCUT2D eigenvalue weighted by Gasteiger charge is 2.05. The van der Waals surface area contributed by atoms with Crippen LogP contribution in [0, 0.1) is 0 Å². The van der Waals surface area contributed by atoms with E-state index in [9.17, 15) is 19.2 Å². The molecule has 0 aromatic heterocycles. The van der Waals surface area contributed by atoms with Crippen LogP contribution >= 0.6 is 0 Å². The van der Waals surface area contributed by atoms with E-state index in [2.05, 4.69) is 13.2 Å². The van der Waals surface area contributed by atoms with Crippen LogP contribution in [0.4, 0.5) is 0 Å². The molecule has 0 fully saturated rings. The largest absolute Gasteiger partial charge is 0.463 e. The number of ether oxygens (including phenoxy) is 5. The third-order valence-corrected chi connectivity index (χ3v) is 3.85. The Balaban J connectivity index is 3.37. The van der Waals surface area contributed by atoms with Gasteiger partial charge in [0.25, 0.3) is 0 Å². The van der Waals surface area contributed by atoms with Crippen molar-refractivity contribution in [2.45, 2.75) is 51.4 Å². The standard InChI is InChI=1S/C22H34O9/c1-3-19(23)28-13-9-5-7-11-21(25)30-17-15-27-16-18-31-22(26)12-8-6-10-14-29-20(24)4-2/h3-4H,1-2,5-18H2. The average molecular weight is 443 g/mol. The first-order chi connectivity index (χ1) is 15.0. The predicted octanol–water partition coefficient (Wildman–Crippen LogP) is 2.67. The minimum absolute atomic E-state index is 0.139. The van der Waals surface area contributed by atoms with Gasteiger partial charge in [-0.25, -0.2) is 9.59 Å². The predicted molar refractivity (Wildman–Crippen MR) is 112 cm³/mol. The van der Waals surface area contributed by atoms with Gasteiger partial charge in [0.1, 0.15) is 13.2 Å². The Hall–Kier alpha value is -2.68. The van der Waals surface area contributed by atoms with Crippen molar-refractivity contribution in [1.29, 1.82) is 0 Å². The Morgan fingerprint density at radius 3 is 1.32 bits per heavy atom. The molecule has 0 rings (SSSR count). The van der Waals surface area contributed by atoms with Gasteiger partial charge in [0.05, 0.1) is 26.4 Å². The molecule has 0 heterocycles. The monoisotopic (exact) mass is 442 g/mol. The van der Waals surface area contributed by atoms with Crippen LogP contribution in [0.5, 0.6) is 0 Å². The summed E-state index contributed by atoms with van der Waals surface area (Å²) in [7, 11) is 0. The first-order valence-electron chi connectivity index (χ1n) is 10.5. The van der Waals surface area contributed by atoms with Gasteiger partial charge in [-0.2, -0.15) is 0 Å². The molecule has 0 aliphatic rings. The molecule has 0 aliphatic carbocycles. The topological polar surface area (TPSA) is 114 Å². The summed E-state index contributed by atoms with van der Waals surface area (Å²) in [5.74, 6) is -1.51. The van der Waals surface area contributed by atoms with E-state index in [1.165, 1.54) is 0 Å². The quantitative estimate of drug-likeness (QED) is 0.121. The zero-order chi connectivity index (χ0) is 23.2. The van der Waals surface area contributed by atoms with E-state index in [1.807, 2.05) is 0 Å². The second-order valence-corrected chi connectivity index (χ2v) is 6.42. The molecule has 0 atom stereocenters. The third kappa shape index (κ3) is 20.4. The van der Waals surface area contributed by atoms with Crippen LogP contribution in [-0.4, -0.2) is 63.5 Å². The van der Waals surface area contributed by atoms with Crippen LogP contribution in [0.1, 0.15) is 51.4 Å². The summed E-state index contributed by atoms with van der Waals surface area (Å²) < 4.78 is 25.0. The van der Waals surface area contributed by atoms with Crippen LogP contribution < -0.4 is 0 Å². The number of hydrogen-bond donors (Lipinski definition) is 0. The molecule has 0 N–H and O–H groups in total. The van der Waals surface area contributed by atoms with Crippen molar-refractivity contribution >= 4 is 23.9 Å². The van der Waals surface area contributed by atoms with Crippen LogP contribution in [0.2, 0.25) is 0 Å². The zero-order valence-corrected chi connectivity index (χ0v) is 18.1.